The lowest BCUT2D eigenvalue weighted by atomic mass is 9.85. The Bertz CT molecular complexity index is 596. The van der Waals surface area contributed by atoms with Crippen molar-refractivity contribution in [2.45, 2.75) is 5.60 Å². The highest BCUT2D eigenvalue weighted by Gasteiger charge is 2.34. The Hall–Kier alpha value is -1.75. The second-order valence-electron chi connectivity index (χ2n) is 5.62. The van der Waals surface area contributed by atoms with Crippen LogP contribution in [0.15, 0.2) is 54.6 Å². The summed E-state index contributed by atoms with van der Waals surface area (Å²) in [6.45, 7) is 3.39. The average molecular weight is 301 g/mol. The smallest absolute Gasteiger partial charge is 0.127 e. The molecule has 1 atom stereocenters. The van der Waals surface area contributed by atoms with Crippen LogP contribution in [0.5, 0.6) is 0 Å². The Balaban J connectivity index is 1.95. The van der Waals surface area contributed by atoms with E-state index in [1.165, 1.54) is 12.1 Å². The predicted molar refractivity (Wildman–Crippen MR) is 83.1 cm³/mol. The number of rotatable bonds is 4. The molecule has 2 aromatic rings. The summed E-state index contributed by atoms with van der Waals surface area (Å²) in [5.41, 5.74) is 0.353. The number of ether oxygens (including phenoxy) is 1. The fourth-order valence-electron chi connectivity index (χ4n) is 2.87. The van der Waals surface area contributed by atoms with Gasteiger partial charge in [0.25, 0.3) is 0 Å². The predicted octanol–water partition coefficient (Wildman–Crippen LogP) is 2.39. The molecule has 0 spiro atoms. The van der Waals surface area contributed by atoms with Crippen LogP contribution < -0.4 is 0 Å². The Morgan fingerprint density at radius 2 is 1.55 bits per heavy atom. The zero-order valence-electron chi connectivity index (χ0n) is 12.4. The summed E-state index contributed by atoms with van der Waals surface area (Å²) in [7, 11) is 0. The molecule has 0 aliphatic carbocycles. The van der Waals surface area contributed by atoms with Gasteiger partial charge in [0.05, 0.1) is 13.2 Å². The molecule has 1 aliphatic rings. The lowest BCUT2D eigenvalue weighted by Crippen LogP contribution is -2.46. The first-order valence-corrected chi connectivity index (χ1v) is 7.52. The molecule has 0 amide bonds. The molecule has 3 nitrogen and oxygen atoms in total. The van der Waals surface area contributed by atoms with Crippen molar-refractivity contribution >= 4 is 0 Å². The third-order valence-corrected chi connectivity index (χ3v) is 4.13. The number of halogens is 1. The molecule has 0 saturated carbocycles. The van der Waals surface area contributed by atoms with Crippen LogP contribution in [0.25, 0.3) is 0 Å². The number of nitrogens with zero attached hydrogens (tertiary/aromatic N) is 1. The second kappa shape index (κ2) is 6.57. The Morgan fingerprint density at radius 1 is 0.955 bits per heavy atom. The number of morpholine rings is 1. The van der Waals surface area contributed by atoms with E-state index < -0.39 is 5.60 Å². The molecule has 116 valence electrons. The van der Waals surface area contributed by atoms with E-state index >= 15 is 0 Å². The van der Waals surface area contributed by atoms with Gasteiger partial charge in [0.15, 0.2) is 0 Å². The largest absolute Gasteiger partial charge is 0.379 e. The molecule has 0 bridgehead atoms. The number of β-amino-alcohol motifs (C(OH)–C–C–N with tert-alkyl or cyclic N) is 1. The summed E-state index contributed by atoms with van der Waals surface area (Å²) in [5, 5.41) is 11.4. The Labute approximate surface area is 130 Å². The first-order chi connectivity index (χ1) is 10.7. The number of hydrogen-bond acceptors (Lipinski definition) is 3. The lowest BCUT2D eigenvalue weighted by molar-refractivity contribution is -0.0148. The normalized spacial score (nSPS) is 18.8. The molecule has 22 heavy (non-hydrogen) atoms. The van der Waals surface area contributed by atoms with Crippen LogP contribution in [-0.4, -0.2) is 42.9 Å². The summed E-state index contributed by atoms with van der Waals surface area (Å²) in [5.74, 6) is -0.300. The van der Waals surface area contributed by atoms with Crippen molar-refractivity contribution in [3.8, 4) is 0 Å². The van der Waals surface area contributed by atoms with E-state index in [1.54, 1.807) is 12.1 Å². The molecule has 1 N–H and O–H groups in total. The van der Waals surface area contributed by atoms with Crippen LogP contribution in [0, 0.1) is 5.82 Å². The van der Waals surface area contributed by atoms with Crippen LogP contribution in [0.2, 0.25) is 0 Å². The molecule has 0 radical (unpaired) electrons. The standard InChI is InChI=1S/C18H20FNO2/c19-17-8-6-16(7-9-17)18(21,15-4-2-1-3-5-15)14-20-10-12-22-13-11-20/h1-9,21H,10-14H2/t18-/m0/s1. The molecule has 1 heterocycles. The minimum absolute atomic E-state index is 0.300. The van der Waals surface area contributed by atoms with E-state index in [4.69, 9.17) is 4.74 Å². The summed E-state index contributed by atoms with van der Waals surface area (Å²) in [6.07, 6.45) is 0. The van der Waals surface area contributed by atoms with Crippen molar-refractivity contribution < 1.29 is 14.2 Å². The van der Waals surface area contributed by atoms with Crippen LogP contribution >= 0.6 is 0 Å². The topological polar surface area (TPSA) is 32.7 Å². The van der Waals surface area contributed by atoms with Gasteiger partial charge >= 0.3 is 0 Å². The molecule has 1 aliphatic heterocycles. The Morgan fingerprint density at radius 3 is 2.18 bits per heavy atom. The molecular weight excluding hydrogens is 281 g/mol. The SMILES string of the molecule is O[C@@](CN1CCOCC1)(c1ccccc1)c1ccc(F)cc1. The van der Waals surface area contributed by atoms with E-state index in [2.05, 4.69) is 4.90 Å². The zero-order valence-corrected chi connectivity index (χ0v) is 12.4. The van der Waals surface area contributed by atoms with Gasteiger partial charge in [0.2, 0.25) is 0 Å². The van der Waals surface area contributed by atoms with Gasteiger partial charge in [-0.3, -0.25) is 4.90 Å². The highest BCUT2D eigenvalue weighted by molar-refractivity contribution is 5.36. The van der Waals surface area contributed by atoms with Crippen molar-refractivity contribution in [1.82, 2.24) is 4.90 Å². The van der Waals surface area contributed by atoms with Gasteiger partial charge in [-0.2, -0.15) is 0 Å². The van der Waals surface area contributed by atoms with Gasteiger partial charge < -0.3 is 9.84 Å². The van der Waals surface area contributed by atoms with Gasteiger partial charge in [-0.1, -0.05) is 42.5 Å². The summed E-state index contributed by atoms with van der Waals surface area (Å²) >= 11 is 0. The number of benzene rings is 2. The maximum absolute atomic E-state index is 13.2. The molecule has 0 aromatic heterocycles. The van der Waals surface area contributed by atoms with E-state index in [-0.39, 0.29) is 5.82 Å². The fraction of sp³-hybridized carbons (Fsp3) is 0.333. The second-order valence-corrected chi connectivity index (χ2v) is 5.62. The number of aliphatic hydroxyl groups is 1. The third-order valence-electron chi connectivity index (χ3n) is 4.13. The molecule has 4 heteroatoms. The van der Waals surface area contributed by atoms with E-state index in [1.807, 2.05) is 30.3 Å². The minimum Gasteiger partial charge on any atom is -0.379 e. The van der Waals surface area contributed by atoms with Crippen molar-refractivity contribution in [2.75, 3.05) is 32.8 Å². The highest BCUT2D eigenvalue weighted by atomic mass is 19.1. The van der Waals surface area contributed by atoms with Crippen LogP contribution in [0.1, 0.15) is 11.1 Å². The summed E-state index contributed by atoms with van der Waals surface area (Å²) < 4.78 is 18.6. The fourth-order valence-corrected chi connectivity index (χ4v) is 2.87. The molecule has 0 unspecified atom stereocenters. The first-order valence-electron chi connectivity index (χ1n) is 7.52. The molecule has 3 rings (SSSR count). The maximum Gasteiger partial charge on any atom is 0.127 e. The van der Waals surface area contributed by atoms with Crippen LogP contribution in [0.3, 0.4) is 0 Å². The van der Waals surface area contributed by atoms with Gasteiger partial charge in [-0.15, -0.1) is 0 Å². The van der Waals surface area contributed by atoms with Crippen molar-refractivity contribution in [3.63, 3.8) is 0 Å². The highest BCUT2D eigenvalue weighted by Crippen LogP contribution is 2.31. The van der Waals surface area contributed by atoms with Gasteiger partial charge in [0, 0.05) is 19.6 Å². The molecule has 1 saturated heterocycles. The molecule has 2 aromatic carbocycles. The van der Waals surface area contributed by atoms with Gasteiger partial charge in [-0.05, 0) is 23.3 Å². The minimum atomic E-state index is -1.16. The van der Waals surface area contributed by atoms with Crippen LogP contribution in [0.4, 0.5) is 4.39 Å². The third kappa shape index (κ3) is 3.19. The van der Waals surface area contributed by atoms with E-state index in [9.17, 15) is 9.50 Å². The average Bonchev–Trinajstić information content (AvgIpc) is 2.57. The summed E-state index contributed by atoms with van der Waals surface area (Å²) in [4.78, 5) is 2.18. The monoisotopic (exact) mass is 301 g/mol. The zero-order chi connectivity index (χ0) is 15.4. The number of hydrogen-bond donors (Lipinski definition) is 1. The van der Waals surface area contributed by atoms with E-state index in [0.29, 0.717) is 25.3 Å². The lowest BCUT2D eigenvalue weighted by Gasteiger charge is -2.37. The van der Waals surface area contributed by atoms with Crippen molar-refractivity contribution in [1.29, 1.82) is 0 Å². The van der Waals surface area contributed by atoms with Crippen molar-refractivity contribution in [2.24, 2.45) is 0 Å². The van der Waals surface area contributed by atoms with Crippen molar-refractivity contribution in [3.05, 3.63) is 71.5 Å². The Kier molecular flexibility index (Phi) is 4.52. The molecular formula is C18H20FNO2. The first kappa shape index (κ1) is 15.2. The quantitative estimate of drug-likeness (QED) is 0.941. The maximum atomic E-state index is 13.2. The van der Waals surface area contributed by atoms with E-state index in [0.717, 1.165) is 18.7 Å². The van der Waals surface area contributed by atoms with Crippen LogP contribution in [-0.2, 0) is 10.3 Å². The van der Waals surface area contributed by atoms with Gasteiger partial charge in [-0.25, -0.2) is 4.39 Å². The summed E-state index contributed by atoms with van der Waals surface area (Å²) in [6, 6.07) is 15.6. The van der Waals surface area contributed by atoms with Gasteiger partial charge in [0.1, 0.15) is 11.4 Å². The molecule has 1 fully saturated rings.